The third kappa shape index (κ3) is 5.70. The van der Waals surface area contributed by atoms with Gasteiger partial charge in [-0.2, -0.15) is 4.98 Å². The van der Waals surface area contributed by atoms with Crippen molar-refractivity contribution in [2.45, 2.75) is 46.1 Å². The van der Waals surface area contributed by atoms with Crippen LogP contribution in [0, 0.1) is 5.41 Å². The Morgan fingerprint density at radius 3 is 2.73 bits per heavy atom. The largest absolute Gasteiger partial charge is 0.465 e. The first-order valence-corrected chi connectivity index (χ1v) is 11.2. The van der Waals surface area contributed by atoms with Gasteiger partial charge in [-0.25, -0.2) is 9.78 Å². The number of nitrogens with zero attached hydrogens (tertiary/aromatic N) is 3. The van der Waals surface area contributed by atoms with E-state index < -0.39 is 6.09 Å². The van der Waals surface area contributed by atoms with Crippen LogP contribution in [0.4, 0.5) is 27.9 Å². The lowest BCUT2D eigenvalue weighted by atomic mass is 9.81. The van der Waals surface area contributed by atoms with Crippen molar-refractivity contribution in [1.29, 1.82) is 0 Å². The lowest BCUT2D eigenvalue weighted by molar-refractivity contribution is 0.174. The van der Waals surface area contributed by atoms with Gasteiger partial charge in [0.25, 0.3) is 0 Å². The summed E-state index contributed by atoms with van der Waals surface area (Å²) in [6, 6.07) is 7.89. The van der Waals surface area contributed by atoms with Crippen LogP contribution in [0.25, 0.3) is 0 Å². The van der Waals surface area contributed by atoms with Crippen LogP contribution in [0.15, 0.2) is 42.9 Å². The van der Waals surface area contributed by atoms with Crippen LogP contribution in [-0.2, 0) is 19.3 Å². The molecule has 9 heteroatoms. The number of carboxylic acid groups (broad SMARTS) is 1. The molecule has 1 aromatic carbocycles. The molecule has 1 aliphatic rings. The van der Waals surface area contributed by atoms with Crippen LogP contribution in [0.2, 0.25) is 5.02 Å². The number of hydrogen-bond acceptors (Lipinski definition) is 6. The van der Waals surface area contributed by atoms with Crippen molar-refractivity contribution in [1.82, 2.24) is 20.3 Å². The van der Waals surface area contributed by atoms with E-state index in [0.717, 1.165) is 40.9 Å². The maximum Gasteiger partial charge on any atom is 0.404 e. The molecule has 1 unspecified atom stereocenters. The molecule has 1 atom stereocenters. The van der Waals surface area contributed by atoms with E-state index in [1.54, 1.807) is 12.4 Å². The van der Waals surface area contributed by atoms with E-state index in [1.807, 2.05) is 45.2 Å². The molecular formula is C24H27ClN6O2. The predicted octanol–water partition coefficient (Wildman–Crippen LogP) is 5.34. The molecular weight excluding hydrogens is 440 g/mol. The number of aryl methyl sites for hydroxylation is 2. The van der Waals surface area contributed by atoms with E-state index in [9.17, 15) is 9.90 Å². The first kappa shape index (κ1) is 22.8. The van der Waals surface area contributed by atoms with Crippen LogP contribution >= 0.6 is 11.6 Å². The average molecular weight is 467 g/mol. The topological polar surface area (TPSA) is 112 Å². The quantitative estimate of drug-likeness (QED) is 0.412. The van der Waals surface area contributed by atoms with Crippen molar-refractivity contribution in [2.75, 3.05) is 10.6 Å². The lowest BCUT2D eigenvalue weighted by Crippen LogP contribution is -2.44. The van der Waals surface area contributed by atoms with Gasteiger partial charge >= 0.3 is 6.09 Å². The number of halogens is 1. The molecule has 1 amide bonds. The highest BCUT2D eigenvalue weighted by molar-refractivity contribution is 6.32. The Labute approximate surface area is 197 Å². The zero-order valence-electron chi connectivity index (χ0n) is 18.8. The minimum atomic E-state index is -1.02. The molecule has 8 nitrogen and oxygen atoms in total. The molecule has 0 spiro atoms. The van der Waals surface area contributed by atoms with Gasteiger partial charge in [0, 0.05) is 17.9 Å². The van der Waals surface area contributed by atoms with Gasteiger partial charge in [0.15, 0.2) is 5.82 Å². The maximum absolute atomic E-state index is 11.4. The number of anilines is 4. The third-order valence-electron chi connectivity index (χ3n) is 5.71. The number of amides is 1. The van der Waals surface area contributed by atoms with Crippen molar-refractivity contribution in [3.63, 3.8) is 0 Å². The van der Waals surface area contributed by atoms with Gasteiger partial charge in [0.2, 0.25) is 5.95 Å². The number of carbonyl (C=O) groups is 1. The lowest BCUT2D eigenvalue weighted by Gasteiger charge is -2.31. The summed E-state index contributed by atoms with van der Waals surface area (Å²) in [7, 11) is 0. The fourth-order valence-corrected chi connectivity index (χ4v) is 3.97. The number of rotatable bonds is 3. The normalized spacial score (nSPS) is 13.9. The first-order chi connectivity index (χ1) is 15.7. The van der Waals surface area contributed by atoms with Crippen LogP contribution < -0.4 is 16.0 Å². The summed E-state index contributed by atoms with van der Waals surface area (Å²) in [6.07, 6.45) is 6.26. The molecule has 0 saturated heterocycles. The monoisotopic (exact) mass is 466 g/mol. The minimum Gasteiger partial charge on any atom is -0.465 e. The molecule has 4 N–H and O–H groups in total. The van der Waals surface area contributed by atoms with Crippen molar-refractivity contribution in [3.8, 4) is 0 Å². The predicted molar refractivity (Wildman–Crippen MR) is 130 cm³/mol. The summed E-state index contributed by atoms with van der Waals surface area (Å²) in [5.74, 6) is 0.918. The summed E-state index contributed by atoms with van der Waals surface area (Å²) in [5.41, 5.74) is 4.72. The van der Waals surface area contributed by atoms with Crippen molar-refractivity contribution >= 4 is 40.8 Å². The van der Waals surface area contributed by atoms with Crippen molar-refractivity contribution in [3.05, 3.63) is 64.6 Å². The van der Waals surface area contributed by atoms with Gasteiger partial charge in [0.05, 0.1) is 18.1 Å². The Morgan fingerprint density at radius 1 is 1.15 bits per heavy atom. The van der Waals surface area contributed by atoms with Crippen LogP contribution in [0.5, 0.6) is 0 Å². The SMILES string of the molecule is CC(C)(C)C(Cc1ccc2cc1CCc1cncc(c1)Nc1ncc(Cl)c(n1)N2)NC(=O)O. The molecule has 4 rings (SSSR count). The molecule has 33 heavy (non-hydrogen) atoms. The highest BCUT2D eigenvalue weighted by Crippen LogP contribution is 2.30. The Balaban J connectivity index is 1.74. The van der Waals surface area contributed by atoms with E-state index in [1.165, 1.54) is 0 Å². The van der Waals surface area contributed by atoms with Crippen LogP contribution in [0.1, 0.15) is 37.5 Å². The maximum atomic E-state index is 11.4. The molecule has 1 aliphatic heterocycles. The number of pyridine rings is 1. The molecule has 6 bridgehead atoms. The van der Waals surface area contributed by atoms with Gasteiger partial charge in [-0.05, 0) is 59.6 Å². The number of hydrogen-bond donors (Lipinski definition) is 4. The molecule has 0 fully saturated rings. The fraction of sp³-hybridized carbons (Fsp3) is 0.333. The van der Waals surface area contributed by atoms with E-state index in [0.29, 0.717) is 23.2 Å². The summed E-state index contributed by atoms with van der Waals surface area (Å²) in [5, 5.41) is 18.9. The van der Waals surface area contributed by atoms with Gasteiger partial charge in [-0.3, -0.25) is 4.98 Å². The van der Waals surface area contributed by atoms with Gasteiger partial charge in [-0.15, -0.1) is 0 Å². The standard InChI is InChI=1S/C24H27ClN6O2/c1-24(2,3)20(30-23(32)33)10-16-6-7-17-9-15(16)5-4-14-8-18(12-26-11-14)29-22-27-13-19(25)21(28-17)31-22/h6-9,11-13,20,30H,4-5,10H2,1-3H3,(H,32,33)(H2,27,28,29,31). The molecule has 172 valence electrons. The van der Waals surface area contributed by atoms with E-state index >= 15 is 0 Å². The smallest absolute Gasteiger partial charge is 0.404 e. The van der Waals surface area contributed by atoms with E-state index in [2.05, 4.69) is 37.0 Å². The highest BCUT2D eigenvalue weighted by Gasteiger charge is 2.27. The molecule has 0 saturated carbocycles. The zero-order chi connectivity index (χ0) is 23.6. The zero-order valence-corrected chi connectivity index (χ0v) is 19.6. The molecule has 0 aliphatic carbocycles. The van der Waals surface area contributed by atoms with E-state index in [4.69, 9.17) is 11.6 Å². The summed E-state index contributed by atoms with van der Waals surface area (Å²) in [4.78, 5) is 24.5. The first-order valence-electron chi connectivity index (χ1n) is 10.8. The second kappa shape index (κ2) is 9.23. The summed E-state index contributed by atoms with van der Waals surface area (Å²) < 4.78 is 0. The summed E-state index contributed by atoms with van der Waals surface area (Å²) >= 11 is 6.34. The van der Waals surface area contributed by atoms with Crippen molar-refractivity contribution in [2.24, 2.45) is 5.41 Å². The van der Waals surface area contributed by atoms with Crippen LogP contribution in [-0.4, -0.2) is 32.2 Å². The Bertz CT molecular complexity index is 1180. The fourth-order valence-electron chi connectivity index (χ4n) is 3.83. The molecule has 3 aromatic rings. The number of aromatic nitrogens is 3. The Hall–Kier alpha value is -3.39. The van der Waals surface area contributed by atoms with Gasteiger partial charge in [-0.1, -0.05) is 38.4 Å². The Kier molecular flexibility index (Phi) is 6.37. The summed E-state index contributed by atoms with van der Waals surface area (Å²) in [6.45, 7) is 6.12. The Morgan fingerprint density at radius 2 is 1.97 bits per heavy atom. The van der Waals surface area contributed by atoms with Crippen molar-refractivity contribution < 1.29 is 9.90 Å². The van der Waals surface area contributed by atoms with E-state index in [-0.39, 0.29) is 11.5 Å². The van der Waals surface area contributed by atoms with Gasteiger partial charge in [0.1, 0.15) is 5.02 Å². The molecule has 0 radical (unpaired) electrons. The van der Waals surface area contributed by atoms with Crippen LogP contribution in [0.3, 0.4) is 0 Å². The third-order valence-corrected chi connectivity index (χ3v) is 5.99. The highest BCUT2D eigenvalue weighted by atomic mass is 35.5. The number of nitrogens with one attached hydrogen (secondary N) is 3. The minimum absolute atomic E-state index is 0.234. The second-order valence-electron chi connectivity index (χ2n) is 9.28. The number of benzene rings is 1. The second-order valence-corrected chi connectivity index (χ2v) is 9.68. The molecule has 2 aromatic heterocycles. The van der Waals surface area contributed by atoms with Gasteiger partial charge < -0.3 is 21.1 Å². The molecule has 3 heterocycles. The average Bonchev–Trinajstić information content (AvgIpc) is 2.74. The number of fused-ring (bicyclic) bond motifs is 6.